The molecule has 0 aromatic heterocycles. The van der Waals surface area contributed by atoms with Gasteiger partial charge in [0.05, 0.1) is 33.9 Å². The van der Waals surface area contributed by atoms with E-state index in [9.17, 15) is 34.0 Å². The lowest BCUT2D eigenvalue weighted by atomic mass is 9.49. The number of carbonyl (C=O) groups excluding carboxylic acids is 6. The molecule has 1 aliphatic carbocycles. The summed E-state index contributed by atoms with van der Waals surface area (Å²) < 4.78 is 21.9. The normalized spacial score (nSPS) is 23.3. The van der Waals surface area contributed by atoms with E-state index in [1.807, 2.05) is 43.6 Å². The molecule has 0 spiro atoms. The van der Waals surface area contributed by atoms with Crippen LogP contribution in [-0.2, 0) is 27.5 Å². The highest BCUT2D eigenvalue weighted by atomic mass is 35.5. The van der Waals surface area contributed by atoms with Crippen molar-refractivity contribution in [3.8, 4) is 11.8 Å². The Labute approximate surface area is 345 Å². The Hall–Kier alpha value is -5.85. The standard InChI is InChI=1S/C43H43ClFN7O7/c1-42(2)40(43(3,4)41(42)59-27-7-5-24(19-46)30(44)18-27)48-36(55)23-6-8-32(31(45)17-23)50-11-13-51(14-12-50)35(54)22-49-20-25-15-28-29(16-26(25)21-49)39(58)52(38(28)57)33-9-10-34(53)47-37(33)56/h5-8,15-18,33,40-41H,9-14,20-22H2,1-4H3,(H,48,55)(H,47,53,56). The van der Waals surface area contributed by atoms with Crippen LogP contribution in [0.15, 0.2) is 48.5 Å². The summed E-state index contributed by atoms with van der Waals surface area (Å²) in [6.45, 7) is 10.4. The highest BCUT2D eigenvalue weighted by Crippen LogP contribution is 2.55. The van der Waals surface area contributed by atoms with E-state index in [0.717, 1.165) is 16.0 Å². The number of fused-ring (bicyclic) bond motifs is 2. The molecule has 4 aliphatic heterocycles. The van der Waals surface area contributed by atoms with Gasteiger partial charge in [-0.05, 0) is 60.0 Å². The van der Waals surface area contributed by atoms with E-state index in [2.05, 4.69) is 10.6 Å². The number of piperidine rings is 1. The maximum atomic E-state index is 15.6. The minimum Gasteiger partial charge on any atom is -0.489 e. The van der Waals surface area contributed by atoms with E-state index in [-0.39, 0.29) is 54.1 Å². The number of rotatable bonds is 8. The molecule has 2 N–H and O–H groups in total. The van der Waals surface area contributed by atoms with Gasteiger partial charge in [0, 0.05) is 74.2 Å². The third kappa shape index (κ3) is 6.97. The Kier molecular flexibility index (Phi) is 9.99. The molecule has 4 heterocycles. The summed E-state index contributed by atoms with van der Waals surface area (Å²) in [5.74, 6) is -2.75. The summed E-state index contributed by atoms with van der Waals surface area (Å²) in [6.07, 6.45) is -0.167. The average Bonchev–Trinajstić information content (AvgIpc) is 3.70. The van der Waals surface area contributed by atoms with Crippen molar-refractivity contribution in [3.05, 3.63) is 92.8 Å². The number of benzene rings is 3. The number of anilines is 1. The van der Waals surface area contributed by atoms with Crippen LogP contribution in [0.5, 0.6) is 5.75 Å². The van der Waals surface area contributed by atoms with E-state index in [1.54, 1.807) is 47.4 Å². The van der Waals surface area contributed by atoms with Gasteiger partial charge in [-0.2, -0.15) is 5.26 Å². The van der Waals surface area contributed by atoms with Gasteiger partial charge in [0.25, 0.3) is 17.7 Å². The molecule has 16 heteroatoms. The quantitative estimate of drug-likeness (QED) is 0.316. The molecule has 1 saturated carbocycles. The Balaban J connectivity index is 0.832. The van der Waals surface area contributed by atoms with Crippen molar-refractivity contribution >= 4 is 52.7 Å². The van der Waals surface area contributed by atoms with Crippen molar-refractivity contribution in [1.29, 1.82) is 5.26 Å². The van der Waals surface area contributed by atoms with Crippen molar-refractivity contribution < 1.29 is 37.9 Å². The number of nitriles is 1. The predicted octanol–water partition coefficient (Wildman–Crippen LogP) is 4.03. The molecule has 306 valence electrons. The second-order valence-electron chi connectivity index (χ2n) is 17.1. The van der Waals surface area contributed by atoms with Gasteiger partial charge >= 0.3 is 0 Å². The van der Waals surface area contributed by atoms with Crippen molar-refractivity contribution in [3.63, 3.8) is 0 Å². The second-order valence-corrected chi connectivity index (χ2v) is 17.5. The van der Waals surface area contributed by atoms with Gasteiger partial charge in [-0.15, -0.1) is 0 Å². The largest absolute Gasteiger partial charge is 0.489 e. The number of piperazine rings is 1. The molecule has 8 rings (SSSR count). The predicted molar refractivity (Wildman–Crippen MR) is 212 cm³/mol. The number of nitrogens with one attached hydrogen (secondary N) is 2. The fraction of sp³-hybridized carbons (Fsp3) is 0.419. The zero-order chi connectivity index (χ0) is 42.1. The number of ether oxygens (including phenoxy) is 1. The van der Waals surface area contributed by atoms with Crippen LogP contribution in [0.3, 0.4) is 0 Å². The molecule has 14 nitrogen and oxygen atoms in total. The van der Waals surface area contributed by atoms with Crippen LogP contribution < -0.4 is 20.3 Å². The number of carbonyl (C=O) groups is 6. The fourth-order valence-electron chi connectivity index (χ4n) is 9.75. The number of imide groups is 2. The molecule has 3 aromatic rings. The number of halogens is 2. The van der Waals surface area contributed by atoms with Gasteiger partial charge in [0.2, 0.25) is 17.7 Å². The van der Waals surface area contributed by atoms with E-state index in [0.29, 0.717) is 61.3 Å². The monoisotopic (exact) mass is 823 g/mol. The fourth-order valence-corrected chi connectivity index (χ4v) is 9.97. The smallest absolute Gasteiger partial charge is 0.262 e. The SMILES string of the molecule is CC1(C)C(NC(=O)c2ccc(N3CCN(C(=O)CN4Cc5cc6c(cc5C4)C(=O)N(C4CCC(=O)NC4=O)C6=O)CC3)c(F)c2)C(C)(C)C1Oc1ccc(C#N)c(Cl)c1. The van der Waals surface area contributed by atoms with Crippen molar-refractivity contribution in [1.82, 2.24) is 25.3 Å². The molecule has 1 unspecified atom stereocenters. The van der Waals surface area contributed by atoms with Gasteiger partial charge in [0.1, 0.15) is 29.8 Å². The Morgan fingerprint density at radius 2 is 1.58 bits per heavy atom. The first-order chi connectivity index (χ1) is 28.0. The Bertz CT molecular complexity index is 2330. The van der Waals surface area contributed by atoms with E-state index in [1.165, 1.54) is 6.07 Å². The molecule has 59 heavy (non-hydrogen) atoms. The van der Waals surface area contributed by atoms with Crippen LogP contribution in [0.2, 0.25) is 5.02 Å². The Morgan fingerprint density at radius 3 is 2.15 bits per heavy atom. The number of nitrogens with zero attached hydrogens (tertiary/aromatic N) is 5. The molecule has 6 amide bonds. The summed E-state index contributed by atoms with van der Waals surface area (Å²) in [4.78, 5) is 83.9. The zero-order valence-electron chi connectivity index (χ0n) is 33.1. The lowest BCUT2D eigenvalue weighted by molar-refractivity contribution is -0.164. The van der Waals surface area contributed by atoms with Crippen LogP contribution in [0.1, 0.15) is 88.3 Å². The third-order valence-corrected chi connectivity index (χ3v) is 12.8. The second kappa shape index (κ2) is 14.8. The van der Waals surface area contributed by atoms with Gasteiger partial charge in [-0.1, -0.05) is 39.3 Å². The molecule has 0 radical (unpaired) electrons. The maximum absolute atomic E-state index is 15.6. The summed E-state index contributed by atoms with van der Waals surface area (Å²) in [5.41, 5.74) is 1.97. The van der Waals surface area contributed by atoms with Gasteiger partial charge in [-0.25, -0.2) is 4.39 Å². The summed E-state index contributed by atoms with van der Waals surface area (Å²) >= 11 is 6.22. The summed E-state index contributed by atoms with van der Waals surface area (Å²) in [6, 6.07) is 13.4. The summed E-state index contributed by atoms with van der Waals surface area (Å²) in [7, 11) is 0. The first-order valence-electron chi connectivity index (χ1n) is 19.6. The van der Waals surface area contributed by atoms with Gasteiger partial charge < -0.3 is 19.9 Å². The first kappa shape index (κ1) is 40.0. The minimum absolute atomic E-state index is 0.0424. The molecule has 3 aromatic carbocycles. The highest BCUT2D eigenvalue weighted by molar-refractivity contribution is 6.31. The van der Waals surface area contributed by atoms with Crippen LogP contribution in [0, 0.1) is 28.0 Å². The Morgan fingerprint density at radius 1 is 0.932 bits per heavy atom. The van der Waals surface area contributed by atoms with Crippen molar-refractivity contribution in [2.75, 3.05) is 37.6 Å². The molecular weight excluding hydrogens is 781 g/mol. The third-order valence-electron chi connectivity index (χ3n) is 12.5. The average molecular weight is 824 g/mol. The van der Waals surface area contributed by atoms with Crippen LogP contribution in [0.4, 0.5) is 10.1 Å². The topological polar surface area (TPSA) is 172 Å². The molecule has 5 aliphatic rings. The van der Waals surface area contributed by atoms with Gasteiger partial charge in [0.15, 0.2) is 0 Å². The summed E-state index contributed by atoms with van der Waals surface area (Å²) in [5, 5.41) is 14.8. The van der Waals surface area contributed by atoms with Crippen molar-refractivity contribution in [2.24, 2.45) is 10.8 Å². The van der Waals surface area contributed by atoms with E-state index >= 15 is 4.39 Å². The molecule has 2 saturated heterocycles. The molecule has 3 fully saturated rings. The van der Waals surface area contributed by atoms with Crippen LogP contribution >= 0.6 is 11.6 Å². The molecule has 1 atom stereocenters. The molecule has 0 bridgehead atoms. The minimum atomic E-state index is -1.04. The lowest BCUT2D eigenvalue weighted by Gasteiger charge is -2.63. The maximum Gasteiger partial charge on any atom is 0.262 e. The highest BCUT2D eigenvalue weighted by Gasteiger charge is 2.64. The first-order valence-corrected chi connectivity index (χ1v) is 19.9. The van der Waals surface area contributed by atoms with Crippen LogP contribution in [0.25, 0.3) is 0 Å². The molecular formula is C43H43ClFN7O7. The number of amides is 6. The number of hydrogen-bond acceptors (Lipinski definition) is 10. The number of hydrogen-bond donors (Lipinski definition) is 2. The van der Waals surface area contributed by atoms with Crippen molar-refractivity contribution in [2.45, 2.75) is 71.8 Å². The van der Waals surface area contributed by atoms with Gasteiger partial charge in [-0.3, -0.25) is 43.9 Å². The zero-order valence-corrected chi connectivity index (χ0v) is 33.8. The van der Waals surface area contributed by atoms with Crippen LogP contribution in [-0.4, -0.2) is 101 Å². The van der Waals surface area contributed by atoms with E-state index < -0.39 is 52.2 Å². The lowest BCUT2D eigenvalue weighted by Crippen LogP contribution is -2.74. The van der Waals surface area contributed by atoms with E-state index in [4.69, 9.17) is 16.3 Å².